The first-order valence-corrected chi connectivity index (χ1v) is 7.80. The smallest absolute Gasteiger partial charge is 0.417 e. The maximum absolute atomic E-state index is 12.8. The van der Waals surface area contributed by atoms with E-state index in [1.807, 2.05) is 0 Å². The molecule has 0 aliphatic carbocycles. The highest BCUT2D eigenvalue weighted by atomic mass is 35.5. The number of esters is 1. The number of hydrogen-bond acceptors (Lipinski definition) is 3. The summed E-state index contributed by atoms with van der Waals surface area (Å²) in [6, 6.07) is 8.15. The van der Waals surface area contributed by atoms with Crippen molar-refractivity contribution in [2.45, 2.75) is 6.18 Å². The zero-order valence-electron chi connectivity index (χ0n) is 13.5. The summed E-state index contributed by atoms with van der Waals surface area (Å²) in [5.41, 5.74) is -0.700. The predicted octanol–water partition coefficient (Wildman–Crippen LogP) is 4.69. The second kappa shape index (κ2) is 8.68. The van der Waals surface area contributed by atoms with Crippen LogP contribution in [0.1, 0.15) is 11.1 Å². The van der Waals surface area contributed by atoms with E-state index < -0.39 is 41.1 Å². The molecule has 27 heavy (non-hydrogen) atoms. The van der Waals surface area contributed by atoms with E-state index in [9.17, 15) is 27.2 Å². The van der Waals surface area contributed by atoms with E-state index in [2.05, 4.69) is 10.1 Å². The number of carbonyl (C=O) groups excluding carboxylic acids is 2. The first kappa shape index (κ1) is 20.4. The van der Waals surface area contributed by atoms with E-state index in [1.165, 1.54) is 36.4 Å². The van der Waals surface area contributed by atoms with Gasteiger partial charge in [0.25, 0.3) is 5.91 Å². The number of ether oxygens (including phenoxy) is 1. The fourth-order valence-electron chi connectivity index (χ4n) is 1.94. The van der Waals surface area contributed by atoms with Gasteiger partial charge in [-0.25, -0.2) is 9.18 Å². The summed E-state index contributed by atoms with van der Waals surface area (Å²) >= 11 is 5.48. The molecule has 142 valence electrons. The molecule has 0 bridgehead atoms. The van der Waals surface area contributed by atoms with Gasteiger partial charge in [0.2, 0.25) is 0 Å². The number of anilines is 1. The van der Waals surface area contributed by atoms with E-state index >= 15 is 0 Å². The average molecular weight is 402 g/mol. The van der Waals surface area contributed by atoms with Crippen molar-refractivity contribution in [1.29, 1.82) is 0 Å². The van der Waals surface area contributed by atoms with Crippen molar-refractivity contribution in [1.82, 2.24) is 0 Å². The summed E-state index contributed by atoms with van der Waals surface area (Å²) in [4.78, 5) is 23.2. The molecule has 2 aromatic carbocycles. The van der Waals surface area contributed by atoms with E-state index in [1.54, 1.807) is 0 Å². The molecule has 0 radical (unpaired) electrons. The lowest BCUT2D eigenvalue weighted by molar-refractivity contribution is -0.142. The zero-order valence-corrected chi connectivity index (χ0v) is 14.3. The first-order valence-electron chi connectivity index (χ1n) is 7.42. The highest BCUT2D eigenvalue weighted by Gasteiger charge is 2.33. The summed E-state index contributed by atoms with van der Waals surface area (Å²) in [6.45, 7) is -0.698. The third-order valence-electron chi connectivity index (χ3n) is 3.18. The third kappa shape index (κ3) is 6.41. The molecule has 1 N–H and O–H groups in total. The molecule has 0 unspecified atom stereocenters. The monoisotopic (exact) mass is 401 g/mol. The van der Waals surface area contributed by atoms with Crippen molar-refractivity contribution in [3.05, 3.63) is 70.5 Å². The Kier molecular flexibility index (Phi) is 6.57. The van der Waals surface area contributed by atoms with Gasteiger partial charge in [0.15, 0.2) is 6.61 Å². The van der Waals surface area contributed by atoms with Gasteiger partial charge in [-0.1, -0.05) is 23.7 Å². The van der Waals surface area contributed by atoms with Gasteiger partial charge >= 0.3 is 12.1 Å². The standard InChI is InChI=1S/C18H12ClF4NO3/c19-15-7-6-13(9-14(15)18(21,22)23)24-16(25)10-27-17(26)8-3-11-1-4-12(20)5-2-11/h1-9H,10H2,(H,24,25)/b8-3+. The van der Waals surface area contributed by atoms with Crippen molar-refractivity contribution < 1.29 is 31.9 Å². The number of alkyl halides is 3. The van der Waals surface area contributed by atoms with E-state index in [-0.39, 0.29) is 5.69 Å². The molecular weight excluding hydrogens is 390 g/mol. The maximum atomic E-state index is 12.8. The number of benzene rings is 2. The molecule has 1 amide bonds. The lowest BCUT2D eigenvalue weighted by Gasteiger charge is -2.11. The van der Waals surface area contributed by atoms with Gasteiger partial charge in [0, 0.05) is 11.8 Å². The van der Waals surface area contributed by atoms with E-state index in [4.69, 9.17) is 11.6 Å². The van der Waals surface area contributed by atoms with Crippen LogP contribution in [0.25, 0.3) is 6.08 Å². The molecule has 0 aliphatic heterocycles. The lowest BCUT2D eigenvalue weighted by Crippen LogP contribution is -2.20. The molecule has 0 atom stereocenters. The number of hydrogen-bond donors (Lipinski definition) is 1. The van der Waals surface area contributed by atoms with Crippen molar-refractivity contribution >= 4 is 35.2 Å². The van der Waals surface area contributed by atoms with Gasteiger partial charge in [-0.15, -0.1) is 0 Å². The van der Waals surface area contributed by atoms with Gasteiger partial charge in [0.05, 0.1) is 10.6 Å². The van der Waals surface area contributed by atoms with Gasteiger partial charge in [-0.3, -0.25) is 4.79 Å². The average Bonchev–Trinajstić information content (AvgIpc) is 2.60. The van der Waals surface area contributed by atoms with Crippen LogP contribution in [0.5, 0.6) is 0 Å². The van der Waals surface area contributed by atoms with Crippen molar-refractivity contribution in [3.8, 4) is 0 Å². The van der Waals surface area contributed by atoms with Crippen molar-refractivity contribution in [3.63, 3.8) is 0 Å². The molecular formula is C18H12ClF4NO3. The molecule has 0 aromatic heterocycles. The Morgan fingerprint density at radius 2 is 1.78 bits per heavy atom. The molecule has 2 rings (SSSR count). The number of carbonyl (C=O) groups is 2. The van der Waals surface area contributed by atoms with Crippen LogP contribution in [0.15, 0.2) is 48.5 Å². The number of amides is 1. The molecule has 4 nitrogen and oxygen atoms in total. The van der Waals surface area contributed by atoms with Crippen LogP contribution in [0, 0.1) is 5.82 Å². The SMILES string of the molecule is O=C(COC(=O)/C=C/c1ccc(F)cc1)Nc1ccc(Cl)c(C(F)(F)F)c1. The van der Waals surface area contributed by atoms with Gasteiger partial charge in [-0.2, -0.15) is 13.2 Å². The number of nitrogens with one attached hydrogen (secondary N) is 1. The van der Waals surface area contributed by atoms with Gasteiger partial charge in [-0.05, 0) is 42.0 Å². The second-order valence-corrected chi connectivity index (χ2v) is 5.64. The second-order valence-electron chi connectivity index (χ2n) is 5.23. The summed E-state index contributed by atoms with van der Waals surface area (Å²) in [6.07, 6.45) is -2.28. The van der Waals surface area contributed by atoms with Crippen LogP contribution in [0.4, 0.5) is 23.2 Å². The molecule has 0 saturated heterocycles. The minimum absolute atomic E-state index is 0.144. The van der Waals surface area contributed by atoms with Crippen LogP contribution in [-0.2, 0) is 20.5 Å². The van der Waals surface area contributed by atoms with Crippen LogP contribution < -0.4 is 5.32 Å². The Hall–Kier alpha value is -2.87. The van der Waals surface area contributed by atoms with E-state index in [0.717, 1.165) is 12.1 Å². The molecule has 0 spiro atoms. The van der Waals surface area contributed by atoms with Crippen molar-refractivity contribution in [2.24, 2.45) is 0 Å². The van der Waals surface area contributed by atoms with Gasteiger partial charge in [0.1, 0.15) is 5.82 Å². The largest absolute Gasteiger partial charge is 0.452 e. The summed E-state index contributed by atoms with van der Waals surface area (Å²) in [5, 5.41) is 1.67. The quantitative estimate of drug-likeness (QED) is 0.449. The molecule has 2 aromatic rings. The first-order chi connectivity index (χ1) is 12.6. The number of halogens is 5. The van der Waals surface area contributed by atoms with Gasteiger partial charge < -0.3 is 10.1 Å². The summed E-state index contributed by atoms with van der Waals surface area (Å²) < 4.78 is 55.8. The molecule has 0 fully saturated rings. The Morgan fingerprint density at radius 3 is 2.41 bits per heavy atom. The zero-order chi connectivity index (χ0) is 20.0. The molecule has 0 saturated carbocycles. The third-order valence-corrected chi connectivity index (χ3v) is 3.51. The minimum atomic E-state index is -4.67. The normalized spacial score (nSPS) is 11.4. The predicted molar refractivity (Wildman–Crippen MR) is 91.5 cm³/mol. The van der Waals surface area contributed by atoms with Crippen LogP contribution >= 0.6 is 11.6 Å². The molecule has 9 heteroatoms. The highest BCUT2D eigenvalue weighted by Crippen LogP contribution is 2.36. The maximum Gasteiger partial charge on any atom is 0.417 e. The Morgan fingerprint density at radius 1 is 1.11 bits per heavy atom. The highest BCUT2D eigenvalue weighted by molar-refractivity contribution is 6.31. The summed E-state index contributed by atoms with van der Waals surface area (Å²) in [5.74, 6) is -2.10. The Balaban J connectivity index is 1.89. The van der Waals surface area contributed by atoms with E-state index in [0.29, 0.717) is 11.6 Å². The number of rotatable bonds is 5. The molecule has 0 aliphatic rings. The Bertz CT molecular complexity index is 864. The fraction of sp³-hybridized carbons (Fsp3) is 0.111. The topological polar surface area (TPSA) is 55.4 Å². The minimum Gasteiger partial charge on any atom is -0.452 e. The lowest BCUT2D eigenvalue weighted by atomic mass is 10.2. The van der Waals surface area contributed by atoms with Crippen molar-refractivity contribution in [2.75, 3.05) is 11.9 Å². The van der Waals surface area contributed by atoms with Crippen LogP contribution in [0.2, 0.25) is 5.02 Å². The fourth-order valence-corrected chi connectivity index (χ4v) is 2.16. The Labute approximate surface area is 156 Å². The molecule has 0 heterocycles. The van der Waals surface area contributed by atoms with Crippen LogP contribution in [0.3, 0.4) is 0 Å². The summed E-state index contributed by atoms with van der Waals surface area (Å²) in [7, 11) is 0. The van der Waals surface area contributed by atoms with Crippen LogP contribution in [-0.4, -0.2) is 18.5 Å².